The molecule has 23 heteroatoms. The maximum Gasteiger partial charge on any atom is 0.514 e. The van der Waals surface area contributed by atoms with Gasteiger partial charge in [0.1, 0.15) is 47.9 Å². The van der Waals surface area contributed by atoms with Crippen LogP contribution in [0.2, 0.25) is 0 Å². The number of benzene rings is 1. The first-order valence-electron chi connectivity index (χ1n) is 27.9. The summed E-state index contributed by atoms with van der Waals surface area (Å²) in [6, 6.07) is 3.36. The van der Waals surface area contributed by atoms with Gasteiger partial charge in [0.2, 0.25) is 13.2 Å². The van der Waals surface area contributed by atoms with E-state index in [1.54, 1.807) is 40.9 Å². The molecule has 4 aliphatic heterocycles. The third-order valence-electron chi connectivity index (χ3n) is 17.0. The zero-order valence-corrected chi connectivity index (χ0v) is 49.6. The highest BCUT2D eigenvalue weighted by molar-refractivity contribution is 7.77. The van der Waals surface area contributed by atoms with E-state index in [0.29, 0.717) is 56.9 Å². The van der Waals surface area contributed by atoms with Crippen molar-refractivity contribution < 1.29 is 95.9 Å². The molecule has 4 bridgehead atoms. The van der Waals surface area contributed by atoms with Gasteiger partial charge in [0, 0.05) is 69.7 Å². The number of hydrogen-bond donors (Lipinski definition) is 5. The van der Waals surface area contributed by atoms with Crippen LogP contribution in [0.15, 0.2) is 71.9 Å². The van der Waals surface area contributed by atoms with E-state index in [1.807, 2.05) is 44.2 Å². The van der Waals surface area contributed by atoms with Crippen LogP contribution in [-0.2, 0) is 61.5 Å². The van der Waals surface area contributed by atoms with E-state index in [-0.39, 0.29) is 60.3 Å². The van der Waals surface area contributed by atoms with Crippen molar-refractivity contribution in [2.45, 2.75) is 167 Å². The Morgan fingerprint density at radius 1 is 0.827 bits per heavy atom. The number of ether oxygens (including phenoxy) is 7. The molecule has 21 nitrogen and oxygen atoms in total. The van der Waals surface area contributed by atoms with E-state index < -0.39 is 129 Å². The van der Waals surface area contributed by atoms with E-state index in [4.69, 9.17) is 33.2 Å². The van der Waals surface area contributed by atoms with Crippen molar-refractivity contribution in [2.24, 2.45) is 41.4 Å². The number of rotatable bonds is 10. The zero-order valence-electron chi connectivity index (χ0n) is 47.8. The molecule has 17 atom stereocenters. The minimum atomic E-state index is -4.83. The Morgan fingerprint density at radius 3 is 2.19 bits per heavy atom. The molecule has 1 aliphatic carbocycles. The Hall–Kier alpha value is -4.50. The third-order valence-corrected chi connectivity index (χ3v) is 21.1. The number of aliphatic hydroxyl groups excluding tert-OH is 1. The predicted octanol–water partition coefficient (Wildman–Crippen LogP) is 6.65. The summed E-state index contributed by atoms with van der Waals surface area (Å²) in [6.07, 6.45) is 7.22. The molecule has 81 heavy (non-hydrogen) atoms. The van der Waals surface area contributed by atoms with Gasteiger partial charge in [-0.1, -0.05) is 64.2 Å². The zero-order chi connectivity index (χ0) is 59.7. The number of carbonyl (C=O) groups excluding carboxylic acids is 6. The van der Waals surface area contributed by atoms with Gasteiger partial charge in [0.25, 0.3) is 11.7 Å². The van der Waals surface area contributed by atoms with Crippen molar-refractivity contribution in [3.05, 3.63) is 71.9 Å². The molecular weight excluding hydrogens is 1090 g/mol. The van der Waals surface area contributed by atoms with Gasteiger partial charge < -0.3 is 63.0 Å². The van der Waals surface area contributed by atoms with Crippen LogP contribution < -0.4 is 10.0 Å². The Kier molecular flexibility index (Phi) is 23.0. The first kappa shape index (κ1) is 65.7. The number of piperidine rings is 1. The number of methoxy groups -OCH3 is 3. The smallest absolute Gasteiger partial charge is 0.460 e. The normalized spacial score (nSPS) is 37.4. The van der Waals surface area contributed by atoms with Gasteiger partial charge in [-0.05, 0) is 125 Å². The second kappa shape index (κ2) is 28.4. The molecule has 1 amide bonds. The van der Waals surface area contributed by atoms with Crippen molar-refractivity contribution >= 4 is 55.7 Å². The second-order valence-corrected chi connectivity index (χ2v) is 27.3. The van der Waals surface area contributed by atoms with Crippen LogP contribution >= 0.6 is 15.0 Å². The lowest BCUT2D eigenvalue weighted by molar-refractivity contribution is -0.266. The van der Waals surface area contributed by atoms with Crippen molar-refractivity contribution in [3.63, 3.8) is 0 Å². The predicted molar refractivity (Wildman–Crippen MR) is 296 cm³/mol. The Balaban J connectivity index is 1.27. The first-order valence-corrected chi connectivity index (χ1v) is 31.6. The lowest BCUT2D eigenvalue weighted by Gasteiger charge is -2.50. The molecule has 5 aliphatic rings. The number of ketones is 3. The first-order chi connectivity index (χ1) is 38.1. The molecule has 0 aromatic heterocycles. The van der Waals surface area contributed by atoms with Crippen LogP contribution in [0.4, 0.5) is 4.79 Å². The summed E-state index contributed by atoms with van der Waals surface area (Å²) in [5.74, 6) is -11.1. The molecule has 450 valence electrons. The van der Waals surface area contributed by atoms with Crippen LogP contribution in [0.3, 0.4) is 0 Å². The van der Waals surface area contributed by atoms with Gasteiger partial charge in [-0.3, -0.25) is 28.3 Å². The summed E-state index contributed by atoms with van der Waals surface area (Å²) in [7, 11) is -4.90. The summed E-state index contributed by atoms with van der Waals surface area (Å²) in [6.45, 7) is 10.6. The lowest BCUT2D eigenvalue weighted by atomic mass is 9.68. The summed E-state index contributed by atoms with van der Waals surface area (Å²) in [4.78, 5) is 115. The van der Waals surface area contributed by atoms with Crippen LogP contribution in [-0.4, -0.2) is 154 Å². The number of amides is 1. The largest absolute Gasteiger partial charge is 0.514 e. The average molecular weight is 1180 g/mol. The Labute approximate surface area is 474 Å². The number of carbonyl (C=O) groups is 6. The van der Waals surface area contributed by atoms with E-state index in [2.05, 4.69) is 0 Å². The van der Waals surface area contributed by atoms with Crippen LogP contribution in [0.5, 0.6) is 5.75 Å². The maximum absolute atomic E-state index is 14.7. The SMILES string of the molecule is COC1CC(CC2[C@H]3CCCN4C(=O)C(=O)C5(O)O[C@@H](CCC5C)C[C@H](OC)/C(C)=C/C=C/C=C/[C@@H](C)CC(C)C(=O)[C@H](OC)C(O)/C(C)=C/C(C)C(=O)C[C@@H]2OC(=O)C34)CC[C@H]1OC(=O)Oc1ccc(P(=O)(O)CP(=O)(O)O)cc1. The lowest BCUT2D eigenvalue weighted by Crippen LogP contribution is -2.65. The minimum Gasteiger partial charge on any atom is -0.460 e. The monoisotopic (exact) mass is 1180 g/mol. The topological polar surface area (TPSA) is 306 Å². The molecule has 3 saturated heterocycles. The van der Waals surface area contributed by atoms with Crippen molar-refractivity contribution in [1.82, 2.24) is 4.90 Å². The third kappa shape index (κ3) is 16.7. The summed E-state index contributed by atoms with van der Waals surface area (Å²) >= 11 is 0. The summed E-state index contributed by atoms with van der Waals surface area (Å²) in [5, 5.41) is 23.4. The number of Topliss-reactive ketones (excluding diaryl/α,β-unsaturated/α-hetero) is 3. The van der Waals surface area contributed by atoms with Gasteiger partial charge in [-0.25, -0.2) is 9.59 Å². The molecule has 1 saturated carbocycles. The molecule has 0 radical (unpaired) electrons. The molecule has 4 heterocycles. The summed E-state index contributed by atoms with van der Waals surface area (Å²) < 4.78 is 64.8. The quantitative estimate of drug-likeness (QED) is 0.0538. The number of allylic oxidation sites excluding steroid dienone is 6. The number of fused-ring (bicyclic) bond motifs is 4. The minimum absolute atomic E-state index is 0.00285. The Morgan fingerprint density at radius 2 is 1.53 bits per heavy atom. The maximum atomic E-state index is 14.7. The molecule has 4 fully saturated rings. The van der Waals surface area contributed by atoms with Crippen molar-refractivity contribution in [2.75, 3.05) is 33.8 Å². The fourth-order valence-electron chi connectivity index (χ4n) is 12.4. The highest BCUT2D eigenvalue weighted by atomic mass is 31.2. The van der Waals surface area contributed by atoms with Gasteiger partial charge in [-0.15, -0.1) is 0 Å². The molecule has 10 unspecified atom stereocenters. The van der Waals surface area contributed by atoms with E-state index in [1.165, 1.54) is 31.3 Å². The average Bonchev–Trinajstić information content (AvgIpc) is 3.60. The van der Waals surface area contributed by atoms with Gasteiger partial charge in [-0.2, -0.15) is 0 Å². The molecule has 5 N–H and O–H groups in total. The van der Waals surface area contributed by atoms with E-state index >= 15 is 0 Å². The van der Waals surface area contributed by atoms with Crippen molar-refractivity contribution in [3.8, 4) is 5.75 Å². The summed E-state index contributed by atoms with van der Waals surface area (Å²) in [5.41, 5.74) is 1.17. The molecule has 1 aromatic rings. The van der Waals surface area contributed by atoms with Crippen molar-refractivity contribution in [1.29, 1.82) is 0 Å². The number of hydrogen-bond acceptors (Lipinski definition) is 17. The molecule has 1 aromatic carbocycles. The van der Waals surface area contributed by atoms with Gasteiger partial charge in [0.05, 0.1) is 18.3 Å². The van der Waals surface area contributed by atoms with E-state index in [9.17, 15) is 62.8 Å². The fraction of sp³-hybridized carbons (Fsp3) is 0.655. The number of esters is 1. The number of nitrogens with zero attached hydrogens (tertiary/aromatic N) is 1. The van der Waals surface area contributed by atoms with Gasteiger partial charge in [0.15, 0.2) is 5.78 Å². The van der Waals surface area contributed by atoms with Crippen LogP contribution in [0.25, 0.3) is 0 Å². The van der Waals surface area contributed by atoms with Crippen LogP contribution in [0, 0.1) is 41.4 Å². The standard InChI is InChI=1S/C58H83NO20P2/c1-33-14-11-10-12-15-34(2)47(73-7)30-41-19-17-38(6)58(67,79-41)54(63)55(64)59-25-13-16-43-44(48(77-56(65)50(43)59)31-45(60)35(3)27-37(5)52(62)53(75-9)51(61)36(4)26-33)28-39-18-24-46(49(29-39)74-8)78-57(66)76-40-20-22-42(23-21-40)80(68,69)32-81(70,71)72/h10-12,14-15,20-23,27,33,35-36,38-39,41,43-44,46-50,52-53,62,67H,13,16-19,24-26,28-32H2,1-9H3,(H,68,69)(H2,70,71,72)/b12-10+,14-11+,34-15+,37-27+/t33-,35?,36?,38?,39?,41+,43-,44?,46-,47+,48+,49?,50?,52?,53+,58?/m1/s1. The van der Waals surface area contributed by atoms with Crippen LogP contribution in [0.1, 0.15) is 112 Å². The highest BCUT2D eigenvalue weighted by Gasteiger charge is 2.57. The van der Waals surface area contributed by atoms with Gasteiger partial charge >= 0.3 is 19.7 Å². The molecular formula is C58H83NO20P2. The number of aliphatic hydroxyl groups is 2. The van der Waals surface area contributed by atoms with E-state index in [0.717, 1.165) is 17.7 Å². The highest BCUT2D eigenvalue weighted by Crippen LogP contribution is 2.54. The fourth-order valence-corrected chi connectivity index (χ4v) is 15.6. The molecule has 0 spiro atoms. The second-order valence-electron chi connectivity index (χ2n) is 23.0. The molecule has 6 rings (SSSR count). The Bertz CT molecular complexity index is 2650.